The van der Waals surface area contributed by atoms with Gasteiger partial charge in [0.2, 0.25) is 0 Å². The van der Waals surface area contributed by atoms with Gasteiger partial charge in [0.15, 0.2) is 11.0 Å². The molecule has 4 rings (SSSR count). The van der Waals surface area contributed by atoms with Crippen molar-refractivity contribution in [2.24, 2.45) is 0 Å². The zero-order valence-corrected chi connectivity index (χ0v) is 18.9. The second-order valence-electron chi connectivity index (χ2n) is 6.13. The number of benzene rings is 1. The van der Waals surface area contributed by atoms with Gasteiger partial charge in [0.1, 0.15) is 11.4 Å². The number of thiazole rings is 1. The lowest BCUT2D eigenvalue weighted by atomic mass is 10.1. The molecule has 0 atom stereocenters. The number of nitrogens with zero attached hydrogens (tertiary/aromatic N) is 5. The molecule has 0 bridgehead atoms. The number of amides is 2. The molecule has 0 unspecified atom stereocenters. The van der Waals surface area contributed by atoms with Crippen LogP contribution in [0.2, 0.25) is 0 Å². The molecule has 4 aromatic rings. The van der Waals surface area contributed by atoms with Crippen LogP contribution in [0.5, 0.6) is 5.75 Å². The van der Waals surface area contributed by atoms with Gasteiger partial charge in [-0.05, 0) is 24.3 Å². The van der Waals surface area contributed by atoms with Crippen LogP contribution in [0, 0.1) is 0 Å². The number of rotatable bonds is 5. The van der Waals surface area contributed by atoms with Crippen molar-refractivity contribution < 1.29 is 9.53 Å². The van der Waals surface area contributed by atoms with Gasteiger partial charge in [-0.15, -0.1) is 0 Å². The number of ether oxygens (including phenoxy) is 1. The summed E-state index contributed by atoms with van der Waals surface area (Å²) in [5, 5.41) is 5.62. The van der Waals surface area contributed by atoms with E-state index in [-0.39, 0.29) is 6.03 Å². The average Bonchev–Trinajstić information content (AvgIpc) is 3.28. The van der Waals surface area contributed by atoms with Gasteiger partial charge in [0.25, 0.3) is 0 Å². The van der Waals surface area contributed by atoms with Crippen LogP contribution in [-0.2, 0) is 0 Å². The molecule has 0 aliphatic rings. The van der Waals surface area contributed by atoms with E-state index in [0.29, 0.717) is 33.8 Å². The molecule has 31 heavy (non-hydrogen) atoms. The maximum absolute atomic E-state index is 11.6. The number of halogens is 1. The SMILES string of the molecule is CNC(=O)Nc1ncc(-c2cc(-c3cc(OC)ccc3Br)nc(-c3cnccn3)n2)s1. The first kappa shape index (κ1) is 20.8. The van der Waals surface area contributed by atoms with Crippen LogP contribution < -0.4 is 15.4 Å². The van der Waals surface area contributed by atoms with E-state index in [1.807, 2.05) is 24.3 Å². The lowest BCUT2D eigenvalue weighted by molar-refractivity contribution is 0.254. The Bertz CT molecular complexity index is 1230. The van der Waals surface area contributed by atoms with Gasteiger partial charge >= 0.3 is 6.03 Å². The Hall–Kier alpha value is -3.44. The topological polar surface area (TPSA) is 115 Å². The van der Waals surface area contributed by atoms with Crippen LogP contribution in [0.1, 0.15) is 0 Å². The quantitative estimate of drug-likeness (QED) is 0.423. The predicted octanol–water partition coefficient (Wildman–Crippen LogP) is 4.25. The van der Waals surface area contributed by atoms with Gasteiger partial charge in [-0.2, -0.15) is 0 Å². The maximum Gasteiger partial charge on any atom is 0.320 e. The van der Waals surface area contributed by atoms with E-state index < -0.39 is 0 Å². The van der Waals surface area contributed by atoms with E-state index in [0.717, 1.165) is 14.9 Å². The Balaban J connectivity index is 1.84. The minimum atomic E-state index is -0.343. The Morgan fingerprint density at radius 3 is 2.65 bits per heavy atom. The zero-order chi connectivity index (χ0) is 21.8. The molecule has 2 amide bonds. The third-order valence-corrected chi connectivity index (χ3v) is 5.80. The van der Waals surface area contributed by atoms with E-state index in [1.54, 1.807) is 38.9 Å². The van der Waals surface area contributed by atoms with Gasteiger partial charge in [-0.1, -0.05) is 27.3 Å². The number of hydrogen-bond donors (Lipinski definition) is 2. The first-order valence-corrected chi connectivity index (χ1v) is 10.6. The molecule has 3 heterocycles. The Kier molecular flexibility index (Phi) is 6.14. The normalized spacial score (nSPS) is 10.5. The Morgan fingerprint density at radius 2 is 1.90 bits per heavy atom. The minimum absolute atomic E-state index is 0.343. The predicted molar refractivity (Wildman–Crippen MR) is 122 cm³/mol. The monoisotopic (exact) mass is 497 g/mol. The average molecular weight is 498 g/mol. The molecule has 0 radical (unpaired) electrons. The van der Waals surface area contributed by atoms with Gasteiger partial charge < -0.3 is 10.1 Å². The molecule has 3 aromatic heterocycles. The summed E-state index contributed by atoms with van der Waals surface area (Å²) in [6.45, 7) is 0. The van der Waals surface area contributed by atoms with Crippen LogP contribution in [-0.4, -0.2) is 45.1 Å². The molecular formula is C20H16BrN7O2S. The van der Waals surface area contributed by atoms with E-state index in [4.69, 9.17) is 9.72 Å². The fraction of sp³-hybridized carbons (Fsp3) is 0.100. The smallest absolute Gasteiger partial charge is 0.320 e. The van der Waals surface area contributed by atoms with Crippen molar-refractivity contribution in [3.05, 3.63) is 53.5 Å². The van der Waals surface area contributed by atoms with E-state index in [9.17, 15) is 4.79 Å². The summed E-state index contributed by atoms with van der Waals surface area (Å²) in [4.78, 5) is 34.4. The number of hydrogen-bond acceptors (Lipinski definition) is 8. The molecule has 0 spiro atoms. The molecular weight excluding hydrogens is 482 g/mol. The summed E-state index contributed by atoms with van der Waals surface area (Å²) in [5.41, 5.74) is 2.69. The molecule has 0 aliphatic heterocycles. The Morgan fingerprint density at radius 1 is 1.06 bits per heavy atom. The largest absolute Gasteiger partial charge is 0.497 e. The number of carbonyl (C=O) groups excluding carboxylic acids is 1. The summed E-state index contributed by atoms with van der Waals surface area (Å²) in [5.74, 6) is 1.12. The molecule has 0 saturated carbocycles. The molecule has 0 fully saturated rings. The summed E-state index contributed by atoms with van der Waals surface area (Å²) >= 11 is 4.89. The maximum atomic E-state index is 11.6. The molecule has 11 heteroatoms. The number of anilines is 1. The number of urea groups is 1. The van der Waals surface area contributed by atoms with Crippen LogP contribution in [0.25, 0.3) is 33.3 Å². The van der Waals surface area contributed by atoms with Gasteiger partial charge in [-0.3, -0.25) is 10.3 Å². The molecule has 0 aliphatic carbocycles. The first-order chi connectivity index (χ1) is 15.1. The van der Waals surface area contributed by atoms with Crippen LogP contribution >= 0.6 is 27.3 Å². The van der Waals surface area contributed by atoms with Gasteiger partial charge in [0.05, 0.1) is 29.6 Å². The third-order valence-electron chi connectivity index (χ3n) is 4.17. The Labute approximate surface area is 190 Å². The number of methoxy groups -OCH3 is 1. The highest BCUT2D eigenvalue weighted by atomic mass is 79.9. The van der Waals surface area contributed by atoms with Crippen molar-refractivity contribution in [1.82, 2.24) is 30.2 Å². The van der Waals surface area contributed by atoms with Crippen LogP contribution in [0.4, 0.5) is 9.93 Å². The number of carbonyl (C=O) groups is 1. The summed E-state index contributed by atoms with van der Waals surface area (Å²) in [7, 11) is 3.15. The van der Waals surface area contributed by atoms with Gasteiger partial charge in [0, 0.05) is 35.7 Å². The highest BCUT2D eigenvalue weighted by Crippen LogP contribution is 2.35. The van der Waals surface area contributed by atoms with Crippen molar-refractivity contribution in [1.29, 1.82) is 0 Å². The van der Waals surface area contributed by atoms with Crippen molar-refractivity contribution in [3.8, 4) is 39.1 Å². The lowest BCUT2D eigenvalue weighted by Gasteiger charge is -2.10. The first-order valence-electron chi connectivity index (χ1n) is 9.01. The minimum Gasteiger partial charge on any atom is -0.497 e. The zero-order valence-electron chi connectivity index (χ0n) is 16.5. The fourth-order valence-electron chi connectivity index (χ4n) is 2.68. The number of aromatic nitrogens is 5. The van der Waals surface area contributed by atoms with Crippen LogP contribution in [0.3, 0.4) is 0 Å². The third kappa shape index (κ3) is 4.67. The highest BCUT2D eigenvalue weighted by molar-refractivity contribution is 9.10. The van der Waals surface area contributed by atoms with Gasteiger partial charge in [-0.25, -0.2) is 24.7 Å². The molecule has 156 valence electrons. The second-order valence-corrected chi connectivity index (χ2v) is 8.02. The van der Waals surface area contributed by atoms with Crippen molar-refractivity contribution in [2.75, 3.05) is 19.5 Å². The lowest BCUT2D eigenvalue weighted by Crippen LogP contribution is -2.24. The van der Waals surface area contributed by atoms with E-state index in [2.05, 4.69) is 46.5 Å². The van der Waals surface area contributed by atoms with Crippen molar-refractivity contribution in [2.45, 2.75) is 0 Å². The second kappa shape index (κ2) is 9.14. The van der Waals surface area contributed by atoms with E-state index >= 15 is 0 Å². The molecule has 1 aromatic carbocycles. The summed E-state index contributed by atoms with van der Waals surface area (Å²) in [6, 6.07) is 7.16. The van der Waals surface area contributed by atoms with Crippen LogP contribution in [0.15, 0.2) is 53.5 Å². The fourth-order valence-corrected chi connectivity index (χ4v) is 3.90. The van der Waals surface area contributed by atoms with Crippen molar-refractivity contribution in [3.63, 3.8) is 0 Å². The standard InChI is InChI=1S/C20H16BrN7O2S/c1-22-19(29)28-20-25-10-17(31-20)15-8-14(12-7-11(30-2)3-4-13(12)21)26-18(27-15)16-9-23-5-6-24-16/h3-10H,1-2H3,(H2,22,25,28,29). The molecule has 9 nitrogen and oxygen atoms in total. The summed E-state index contributed by atoms with van der Waals surface area (Å²) < 4.78 is 6.23. The molecule has 2 N–H and O–H groups in total. The van der Waals surface area contributed by atoms with Crippen molar-refractivity contribution >= 4 is 38.4 Å². The molecule has 0 saturated heterocycles. The number of nitrogens with one attached hydrogen (secondary N) is 2. The summed E-state index contributed by atoms with van der Waals surface area (Å²) in [6.07, 6.45) is 6.44. The van der Waals surface area contributed by atoms with E-state index in [1.165, 1.54) is 11.3 Å². The highest BCUT2D eigenvalue weighted by Gasteiger charge is 2.16.